The van der Waals surface area contributed by atoms with Gasteiger partial charge in [0.2, 0.25) is 0 Å². The van der Waals surface area contributed by atoms with Gasteiger partial charge in [0, 0.05) is 5.48 Å². The van der Waals surface area contributed by atoms with Gasteiger partial charge in [-0.15, -0.1) is 0 Å². The quantitative estimate of drug-likeness (QED) is 0.480. The van der Waals surface area contributed by atoms with Crippen LogP contribution in [0.4, 0.5) is 0 Å². The molecule has 0 fully saturated rings. The average Bonchev–Trinajstić information content (AvgIpc) is 2.18. The third-order valence-electron chi connectivity index (χ3n) is 2.22. The van der Waals surface area contributed by atoms with Crippen molar-refractivity contribution in [3.05, 3.63) is 11.6 Å². The standard InChI is InChI=1S/C12H20O2/c1-12(2,3)10-7-5-9(6-8-10)11(13)14-4/h7,9H,5-6,8H2,1-4H3/i5D2,8D2. The first-order valence-corrected chi connectivity index (χ1v) is 4.73. The summed E-state index contributed by atoms with van der Waals surface area (Å²) in [5.41, 5.74) is -0.0713. The van der Waals surface area contributed by atoms with Crippen molar-refractivity contribution in [1.29, 1.82) is 0 Å². The van der Waals surface area contributed by atoms with Gasteiger partial charge in [0.25, 0.3) is 0 Å². The van der Waals surface area contributed by atoms with Crippen molar-refractivity contribution in [3.63, 3.8) is 0 Å². The molecular weight excluding hydrogens is 176 g/mol. The van der Waals surface area contributed by atoms with Crippen molar-refractivity contribution in [2.45, 2.75) is 39.9 Å². The summed E-state index contributed by atoms with van der Waals surface area (Å²) in [5.74, 6) is -1.79. The van der Waals surface area contributed by atoms with Gasteiger partial charge in [0.05, 0.1) is 13.0 Å². The van der Waals surface area contributed by atoms with E-state index in [9.17, 15) is 4.79 Å². The molecule has 80 valence electrons. The van der Waals surface area contributed by atoms with E-state index in [4.69, 9.17) is 5.48 Å². The third kappa shape index (κ3) is 2.60. The van der Waals surface area contributed by atoms with E-state index in [-0.39, 0.29) is 6.42 Å². The molecule has 0 spiro atoms. The van der Waals surface area contributed by atoms with E-state index < -0.39 is 30.0 Å². The molecule has 0 saturated carbocycles. The summed E-state index contributed by atoms with van der Waals surface area (Å²) in [7, 11) is 1.19. The van der Waals surface area contributed by atoms with Crippen molar-refractivity contribution in [2.75, 3.05) is 7.11 Å². The summed E-state index contributed by atoms with van der Waals surface area (Å²) in [4.78, 5) is 11.6. The fraction of sp³-hybridized carbons (Fsp3) is 0.750. The highest BCUT2D eigenvalue weighted by molar-refractivity contribution is 5.72. The number of hydrogen-bond acceptors (Lipinski definition) is 2. The van der Waals surface area contributed by atoms with Crippen molar-refractivity contribution in [1.82, 2.24) is 0 Å². The normalized spacial score (nSPS) is 34.3. The molecular formula is C12H20O2. The predicted octanol–water partition coefficient (Wildman–Crippen LogP) is 2.93. The number of allylic oxidation sites excluding steroid dienone is 2. The van der Waals surface area contributed by atoms with Crippen molar-refractivity contribution in [2.24, 2.45) is 11.3 Å². The van der Waals surface area contributed by atoms with Crippen LogP contribution in [-0.2, 0) is 9.53 Å². The van der Waals surface area contributed by atoms with Crippen LogP contribution in [0, 0.1) is 11.3 Å². The van der Waals surface area contributed by atoms with Crippen LogP contribution >= 0.6 is 0 Å². The van der Waals surface area contributed by atoms with Crippen LogP contribution in [0.1, 0.15) is 45.4 Å². The maximum absolute atomic E-state index is 11.6. The maximum atomic E-state index is 11.6. The molecule has 14 heavy (non-hydrogen) atoms. The van der Waals surface area contributed by atoms with E-state index in [1.165, 1.54) is 13.2 Å². The Morgan fingerprint density at radius 3 is 2.79 bits per heavy atom. The molecule has 0 radical (unpaired) electrons. The monoisotopic (exact) mass is 200 g/mol. The van der Waals surface area contributed by atoms with Crippen LogP contribution in [0.15, 0.2) is 11.6 Å². The Kier molecular flexibility index (Phi) is 1.97. The lowest BCUT2D eigenvalue weighted by Crippen LogP contribution is -2.21. The van der Waals surface area contributed by atoms with E-state index in [1.807, 2.05) is 20.8 Å². The van der Waals surface area contributed by atoms with E-state index in [0.29, 0.717) is 5.57 Å². The summed E-state index contributed by atoms with van der Waals surface area (Å²) >= 11 is 0. The molecule has 0 saturated heterocycles. The van der Waals surface area contributed by atoms with Crippen LogP contribution in [0.3, 0.4) is 0 Å². The first kappa shape index (κ1) is 6.65. The Bertz CT molecular complexity index is 380. The zero-order valence-electron chi connectivity index (χ0n) is 13.2. The van der Waals surface area contributed by atoms with Crippen LogP contribution < -0.4 is 0 Å². The number of methoxy groups -OCH3 is 1. The Morgan fingerprint density at radius 1 is 1.64 bits per heavy atom. The van der Waals surface area contributed by atoms with Crippen molar-refractivity contribution < 1.29 is 15.0 Å². The SMILES string of the molecule is [2H]C1([2H])CC(C(=O)OC)C([2H])([2H])C=C1C(C)(C)C. The zero-order chi connectivity index (χ0) is 14.4. The molecule has 0 amide bonds. The molecule has 2 nitrogen and oxygen atoms in total. The Labute approximate surface area is 92.0 Å². The predicted molar refractivity (Wildman–Crippen MR) is 56.9 cm³/mol. The van der Waals surface area contributed by atoms with Gasteiger partial charge in [0.15, 0.2) is 0 Å². The van der Waals surface area contributed by atoms with Gasteiger partial charge in [0.1, 0.15) is 0 Å². The molecule has 0 aromatic carbocycles. The highest BCUT2D eigenvalue weighted by Gasteiger charge is 2.26. The smallest absolute Gasteiger partial charge is 0.308 e. The van der Waals surface area contributed by atoms with Crippen LogP contribution in [0.2, 0.25) is 0 Å². The zero-order valence-corrected chi connectivity index (χ0v) is 9.18. The van der Waals surface area contributed by atoms with Gasteiger partial charge in [-0.2, -0.15) is 0 Å². The largest absolute Gasteiger partial charge is 0.469 e. The molecule has 1 rings (SSSR count). The minimum absolute atomic E-state index is 0.185. The molecule has 2 heteroatoms. The first-order chi connectivity index (χ1) is 7.92. The minimum Gasteiger partial charge on any atom is -0.469 e. The summed E-state index contributed by atoms with van der Waals surface area (Å²) in [6, 6.07) is 0. The van der Waals surface area contributed by atoms with Gasteiger partial charge >= 0.3 is 5.97 Å². The molecule has 1 unspecified atom stereocenters. The van der Waals surface area contributed by atoms with Crippen LogP contribution in [-0.4, -0.2) is 13.1 Å². The van der Waals surface area contributed by atoms with E-state index in [0.717, 1.165) is 0 Å². The summed E-state index contributed by atoms with van der Waals surface area (Å²) in [5, 5.41) is 0. The van der Waals surface area contributed by atoms with Crippen LogP contribution in [0.5, 0.6) is 0 Å². The van der Waals surface area contributed by atoms with Gasteiger partial charge in [-0.1, -0.05) is 32.4 Å². The second-order valence-corrected chi connectivity index (χ2v) is 4.43. The molecule has 0 bridgehead atoms. The fourth-order valence-electron chi connectivity index (χ4n) is 1.28. The van der Waals surface area contributed by atoms with E-state index >= 15 is 0 Å². The summed E-state index contributed by atoms with van der Waals surface area (Å²) in [6.07, 6.45) is -2.49. The highest BCUT2D eigenvalue weighted by Crippen LogP contribution is 2.35. The second-order valence-electron chi connectivity index (χ2n) is 4.43. The first-order valence-electron chi connectivity index (χ1n) is 6.73. The number of carbonyl (C=O) groups is 1. The molecule has 0 aliphatic heterocycles. The second kappa shape index (κ2) is 4.16. The number of carbonyl (C=O) groups excluding carboxylic acids is 1. The highest BCUT2D eigenvalue weighted by atomic mass is 16.5. The topological polar surface area (TPSA) is 26.3 Å². The molecule has 1 aliphatic rings. The Hall–Kier alpha value is -0.790. The van der Waals surface area contributed by atoms with Gasteiger partial charge < -0.3 is 4.74 Å². The van der Waals surface area contributed by atoms with Crippen LogP contribution in [0.25, 0.3) is 0 Å². The minimum atomic E-state index is -1.87. The van der Waals surface area contributed by atoms with Crippen molar-refractivity contribution >= 4 is 5.97 Å². The molecule has 1 atom stereocenters. The number of esters is 1. The van der Waals surface area contributed by atoms with E-state index in [1.54, 1.807) is 0 Å². The number of hydrogen-bond donors (Lipinski definition) is 0. The summed E-state index contributed by atoms with van der Waals surface area (Å²) < 4.78 is 36.5. The average molecular weight is 200 g/mol. The van der Waals surface area contributed by atoms with Gasteiger partial charge in [-0.05, 0) is 24.6 Å². The molecule has 0 N–H and O–H groups in total. The molecule has 0 aromatic rings. The lowest BCUT2D eigenvalue weighted by Gasteiger charge is -2.28. The third-order valence-corrected chi connectivity index (χ3v) is 2.22. The fourth-order valence-corrected chi connectivity index (χ4v) is 1.28. The number of rotatable bonds is 1. The summed E-state index contributed by atoms with van der Waals surface area (Å²) in [6.45, 7) is 5.52. The maximum Gasteiger partial charge on any atom is 0.308 e. The number of ether oxygens (including phenoxy) is 1. The Morgan fingerprint density at radius 2 is 2.29 bits per heavy atom. The van der Waals surface area contributed by atoms with Gasteiger partial charge in [-0.3, -0.25) is 4.79 Å². The molecule has 0 heterocycles. The van der Waals surface area contributed by atoms with Crippen molar-refractivity contribution in [3.8, 4) is 0 Å². The van der Waals surface area contributed by atoms with E-state index in [2.05, 4.69) is 4.74 Å². The lowest BCUT2D eigenvalue weighted by molar-refractivity contribution is -0.145. The lowest BCUT2D eigenvalue weighted by atomic mass is 9.77. The molecule has 1 aliphatic carbocycles. The van der Waals surface area contributed by atoms with Gasteiger partial charge in [-0.25, -0.2) is 0 Å². The molecule has 0 aromatic heterocycles. The Balaban J connectivity index is 3.27.